The number of hydrogen-bond donors (Lipinski definition) is 1. The summed E-state index contributed by atoms with van der Waals surface area (Å²) in [6, 6.07) is 3.20. The van der Waals surface area contributed by atoms with Crippen molar-refractivity contribution >= 4 is 0 Å². The molecule has 0 radical (unpaired) electrons. The second-order valence-corrected chi connectivity index (χ2v) is 4.11. The van der Waals surface area contributed by atoms with Crippen LogP contribution < -0.4 is 5.32 Å². The Morgan fingerprint density at radius 1 is 1.16 bits per heavy atom. The SMILES string of the molecule is CCOC(OCC)C(Cc1cc(F)ccc1F)NC. The molecule has 0 heterocycles. The second-order valence-electron chi connectivity index (χ2n) is 4.11. The Kier molecular flexibility index (Phi) is 6.91. The summed E-state index contributed by atoms with van der Waals surface area (Å²) >= 11 is 0. The predicted molar refractivity (Wildman–Crippen MR) is 69.9 cm³/mol. The van der Waals surface area contributed by atoms with E-state index in [0.29, 0.717) is 25.2 Å². The molecule has 0 aliphatic carbocycles. The molecule has 0 bridgehead atoms. The van der Waals surface area contributed by atoms with Crippen LogP contribution in [0.15, 0.2) is 18.2 Å². The molecule has 108 valence electrons. The van der Waals surface area contributed by atoms with Gasteiger partial charge in [-0.15, -0.1) is 0 Å². The van der Waals surface area contributed by atoms with Crippen molar-refractivity contribution in [2.45, 2.75) is 32.6 Å². The molecule has 1 N–H and O–H groups in total. The minimum absolute atomic E-state index is 0.240. The number of likely N-dealkylation sites (N-methyl/N-ethyl adjacent to an activating group) is 1. The lowest BCUT2D eigenvalue weighted by atomic mass is 10.0. The summed E-state index contributed by atoms with van der Waals surface area (Å²) in [7, 11) is 1.74. The van der Waals surface area contributed by atoms with E-state index in [4.69, 9.17) is 9.47 Å². The van der Waals surface area contributed by atoms with Crippen LogP contribution in [-0.4, -0.2) is 32.6 Å². The third kappa shape index (κ3) is 4.86. The highest BCUT2D eigenvalue weighted by Gasteiger charge is 2.22. The Balaban J connectivity index is 2.81. The van der Waals surface area contributed by atoms with E-state index in [2.05, 4.69) is 5.32 Å². The first-order valence-corrected chi connectivity index (χ1v) is 6.46. The van der Waals surface area contributed by atoms with Crippen LogP contribution in [0.2, 0.25) is 0 Å². The first-order chi connectivity index (χ1) is 9.12. The van der Waals surface area contributed by atoms with Crippen LogP contribution in [0.3, 0.4) is 0 Å². The average molecular weight is 273 g/mol. The van der Waals surface area contributed by atoms with E-state index in [1.807, 2.05) is 13.8 Å². The van der Waals surface area contributed by atoms with Crippen molar-refractivity contribution in [1.29, 1.82) is 0 Å². The van der Waals surface area contributed by atoms with Gasteiger partial charge in [-0.05, 0) is 51.1 Å². The van der Waals surface area contributed by atoms with Gasteiger partial charge in [0.05, 0.1) is 6.04 Å². The van der Waals surface area contributed by atoms with Gasteiger partial charge in [-0.3, -0.25) is 0 Å². The molecular formula is C14H21F2NO2. The van der Waals surface area contributed by atoms with E-state index in [1.54, 1.807) is 7.05 Å². The van der Waals surface area contributed by atoms with Crippen LogP contribution in [0, 0.1) is 11.6 Å². The van der Waals surface area contributed by atoms with Gasteiger partial charge >= 0.3 is 0 Å². The van der Waals surface area contributed by atoms with Crippen LogP contribution in [0.25, 0.3) is 0 Å². The standard InChI is InChI=1S/C14H21F2NO2/c1-4-18-14(19-5-2)13(17-3)9-10-8-11(15)6-7-12(10)16/h6-8,13-14,17H,4-5,9H2,1-3H3. The molecule has 0 saturated carbocycles. The molecule has 0 saturated heterocycles. The summed E-state index contributed by atoms with van der Waals surface area (Å²) in [5, 5.41) is 3.03. The molecule has 0 amide bonds. The topological polar surface area (TPSA) is 30.5 Å². The number of rotatable bonds is 8. The molecule has 3 nitrogen and oxygen atoms in total. The van der Waals surface area contributed by atoms with E-state index in [9.17, 15) is 8.78 Å². The zero-order valence-corrected chi connectivity index (χ0v) is 11.6. The molecule has 19 heavy (non-hydrogen) atoms. The van der Waals surface area contributed by atoms with Crippen LogP contribution in [0.5, 0.6) is 0 Å². The highest BCUT2D eigenvalue weighted by atomic mass is 19.1. The maximum Gasteiger partial charge on any atom is 0.172 e. The molecule has 0 fully saturated rings. The molecule has 1 rings (SSSR count). The maximum absolute atomic E-state index is 13.6. The van der Waals surface area contributed by atoms with Crippen LogP contribution in [0.1, 0.15) is 19.4 Å². The molecule has 5 heteroatoms. The lowest BCUT2D eigenvalue weighted by molar-refractivity contribution is -0.152. The van der Waals surface area contributed by atoms with Crippen LogP contribution in [-0.2, 0) is 15.9 Å². The molecule has 1 aromatic carbocycles. The Morgan fingerprint density at radius 2 is 1.79 bits per heavy atom. The van der Waals surface area contributed by atoms with Gasteiger partial charge < -0.3 is 14.8 Å². The van der Waals surface area contributed by atoms with Crippen molar-refractivity contribution in [2.75, 3.05) is 20.3 Å². The molecule has 1 unspecified atom stereocenters. The summed E-state index contributed by atoms with van der Waals surface area (Å²) in [4.78, 5) is 0. The average Bonchev–Trinajstić information content (AvgIpc) is 2.39. The van der Waals surface area contributed by atoms with Gasteiger partial charge in [0.1, 0.15) is 11.6 Å². The first-order valence-electron chi connectivity index (χ1n) is 6.46. The van der Waals surface area contributed by atoms with Crippen molar-refractivity contribution in [1.82, 2.24) is 5.32 Å². The minimum atomic E-state index is -0.484. The fourth-order valence-electron chi connectivity index (χ4n) is 1.88. The zero-order valence-electron chi connectivity index (χ0n) is 11.6. The van der Waals surface area contributed by atoms with Gasteiger partial charge in [0.15, 0.2) is 6.29 Å². The van der Waals surface area contributed by atoms with E-state index in [0.717, 1.165) is 12.1 Å². The molecule has 0 spiro atoms. The van der Waals surface area contributed by atoms with Crippen LogP contribution in [0.4, 0.5) is 8.78 Å². The van der Waals surface area contributed by atoms with E-state index >= 15 is 0 Å². The number of nitrogens with one attached hydrogen (secondary N) is 1. The summed E-state index contributed by atoms with van der Waals surface area (Å²) in [5.41, 5.74) is 0.309. The summed E-state index contributed by atoms with van der Waals surface area (Å²) in [5.74, 6) is -0.871. The third-order valence-electron chi connectivity index (χ3n) is 2.81. The van der Waals surface area contributed by atoms with Crippen molar-refractivity contribution in [3.8, 4) is 0 Å². The second kappa shape index (κ2) is 8.19. The van der Waals surface area contributed by atoms with Crippen molar-refractivity contribution < 1.29 is 18.3 Å². The van der Waals surface area contributed by atoms with Gasteiger partial charge in [-0.1, -0.05) is 0 Å². The van der Waals surface area contributed by atoms with E-state index < -0.39 is 17.9 Å². The Labute approximate surface area is 112 Å². The maximum atomic E-state index is 13.6. The largest absolute Gasteiger partial charge is 0.351 e. The van der Waals surface area contributed by atoms with Crippen molar-refractivity contribution in [3.63, 3.8) is 0 Å². The normalized spacial score (nSPS) is 12.9. The quantitative estimate of drug-likeness (QED) is 0.738. The van der Waals surface area contributed by atoms with Crippen molar-refractivity contribution in [2.24, 2.45) is 0 Å². The molecule has 1 atom stereocenters. The molecule has 0 aliphatic heterocycles. The number of halogens is 2. The van der Waals surface area contributed by atoms with Crippen LogP contribution >= 0.6 is 0 Å². The lowest BCUT2D eigenvalue weighted by Gasteiger charge is -2.26. The highest BCUT2D eigenvalue weighted by Crippen LogP contribution is 2.15. The first kappa shape index (κ1) is 16.0. The summed E-state index contributed by atoms with van der Waals surface area (Å²) in [6.07, 6.45) is -0.187. The Bertz CT molecular complexity index is 382. The van der Waals surface area contributed by atoms with E-state index in [-0.39, 0.29) is 6.04 Å². The minimum Gasteiger partial charge on any atom is -0.351 e. The smallest absolute Gasteiger partial charge is 0.172 e. The number of hydrogen-bond acceptors (Lipinski definition) is 3. The fourth-order valence-corrected chi connectivity index (χ4v) is 1.88. The van der Waals surface area contributed by atoms with Gasteiger partial charge in [-0.2, -0.15) is 0 Å². The van der Waals surface area contributed by atoms with E-state index in [1.165, 1.54) is 6.07 Å². The molecule has 0 aromatic heterocycles. The zero-order chi connectivity index (χ0) is 14.3. The van der Waals surface area contributed by atoms with Gasteiger partial charge in [0.2, 0.25) is 0 Å². The van der Waals surface area contributed by atoms with Crippen molar-refractivity contribution in [3.05, 3.63) is 35.4 Å². The monoisotopic (exact) mass is 273 g/mol. The highest BCUT2D eigenvalue weighted by molar-refractivity contribution is 5.20. The summed E-state index contributed by atoms with van der Waals surface area (Å²) < 4.78 is 37.7. The fraction of sp³-hybridized carbons (Fsp3) is 0.571. The third-order valence-corrected chi connectivity index (χ3v) is 2.81. The Hall–Kier alpha value is -1.04. The Morgan fingerprint density at radius 3 is 2.32 bits per heavy atom. The molecule has 1 aromatic rings. The predicted octanol–water partition coefficient (Wildman–Crippen LogP) is 2.49. The summed E-state index contributed by atoms with van der Waals surface area (Å²) in [6.45, 7) is 4.71. The number of ether oxygens (including phenoxy) is 2. The van der Waals surface area contributed by atoms with Gasteiger partial charge in [0.25, 0.3) is 0 Å². The van der Waals surface area contributed by atoms with Gasteiger partial charge in [-0.25, -0.2) is 8.78 Å². The van der Waals surface area contributed by atoms with Gasteiger partial charge in [0, 0.05) is 13.2 Å². The number of benzene rings is 1. The lowest BCUT2D eigenvalue weighted by Crippen LogP contribution is -2.43. The molecular weight excluding hydrogens is 252 g/mol. The molecule has 0 aliphatic rings.